The van der Waals surface area contributed by atoms with E-state index in [9.17, 15) is 5.26 Å². The van der Waals surface area contributed by atoms with Gasteiger partial charge in [-0.05, 0) is 12.1 Å². The Balaban J connectivity index is 1.51. The Morgan fingerprint density at radius 2 is 2.12 bits per heavy atom. The van der Waals surface area contributed by atoms with Crippen LogP contribution < -0.4 is 4.90 Å². The second kappa shape index (κ2) is 5.97. The van der Waals surface area contributed by atoms with Crippen molar-refractivity contribution >= 4 is 16.7 Å². The summed E-state index contributed by atoms with van der Waals surface area (Å²) in [6.07, 6.45) is 4.89. The molecule has 4 rings (SSSR count). The summed E-state index contributed by atoms with van der Waals surface area (Å²) >= 11 is 0. The highest BCUT2D eigenvalue weighted by Crippen LogP contribution is 2.28. The molecule has 120 valence electrons. The monoisotopic (exact) mass is 317 g/mol. The van der Waals surface area contributed by atoms with Gasteiger partial charge in [-0.3, -0.25) is 0 Å². The zero-order valence-electron chi connectivity index (χ0n) is 13.7. The molecule has 5 nitrogen and oxygen atoms in total. The van der Waals surface area contributed by atoms with Gasteiger partial charge in [-0.15, -0.1) is 0 Å². The minimum absolute atomic E-state index is 0.600. The molecule has 0 amide bonds. The maximum absolute atomic E-state index is 9.41. The largest absolute Gasteiger partial charge is 0.356 e. The number of imidazole rings is 1. The van der Waals surface area contributed by atoms with Gasteiger partial charge in [0, 0.05) is 49.8 Å². The maximum atomic E-state index is 9.41. The molecule has 0 saturated carbocycles. The molecule has 0 aliphatic carbocycles. The van der Waals surface area contributed by atoms with Crippen LogP contribution in [0.25, 0.3) is 10.9 Å². The quantitative estimate of drug-likeness (QED) is 0.742. The van der Waals surface area contributed by atoms with Crippen molar-refractivity contribution < 1.29 is 0 Å². The van der Waals surface area contributed by atoms with E-state index in [-0.39, 0.29) is 0 Å². The second-order valence-electron chi connectivity index (χ2n) is 6.28. The molecule has 1 fully saturated rings. The van der Waals surface area contributed by atoms with Crippen molar-refractivity contribution in [2.75, 3.05) is 18.0 Å². The van der Waals surface area contributed by atoms with Crippen LogP contribution in [0.4, 0.5) is 5.82 Å². The number of hydrogen-bond donors (Lipinski definition) is 0. The molecular formula is C19H19N5. The Hall–Kier alpha value is -2.87. The van der Waals surface area contributed by atoms with Crippen LogP contribution in [-0.4, -0.2) is 27.6 Å². The minimum Gasteiger partial charge on any atom is -0.356 e. The van der Waals surface area contributed by atoms with E-state index < -0.39 is 0 Å². The zero-order chi connectivity index (χ0) is 16.5. The summed E-state index contributed by atoms with van der Waals surface area (Å²) in [6.45, 7) is 5.07. The van der Waals surface area contributed by atoms with E-state index >= 15 is 0 Å². The van der Waals surface area contributed by atoms with Crippen molar-refractivity contribution in [2.45, 2.75) is 19.9 Å². The van der Waals surface area contributed by atoms with Gasteiger partial charge in [0.1, 0.15) is 11.6 Å². The number of hydrogen-bond acceptors (Lipinski definition) is 4. The van der Waals surface area contributed by atoms with Gasteiger partial charge in [0.15, 0.2) is 0 Å². The molecular weight excluding hydrogens is 298 g/mol. The van der Waals surface area contributed by atoms with Crippen LogP contribution in [0.15, 0.2) is 42.7 Å². The second-order valence-corrected chi connectivity index (χ2v) is 6.28. The highest BCUT2D eigenvalue weighted by molar-refractivity contribution is 5.86. The lowest BCUT2D eigenvalue weighted by molar-refractivity contribution is 0.351. The molecule has 0 N–H and O–H groups in total. The lowest BCUT2D eigenvalue weighted by atomic mass is 9.99. The van der Waals surface area contributed by atoms with E-state index in [0.717, 1.165) is 48.6 Å². The van der Waals surface area contributed by atoms with Gasteiger partial charge in [0.05, 0.1) is 17.1 Å². The lowest BCUT2D eigenvalue weighted by Gasteiger charge is -2.40. The van der Waals surface area contributed by atoms with E-state index in [4.69, 9.17) is 4.98 Å². The first-order valence-electron chi connectivity index (χ1n) is 8.33. The topological polar surface area (TPSA) is 57.7 Å². The van der Waals surface area contributed by atoms with Crippen LogP contribution in [0.3, 0.4) is 0 Å². The minimum atomic E-state index is 0.600. The smallest absolute Gasteiger partial charge is 0.130 e. The first-order valence-corrected chi connectivity index (χ1v) is 8.33. The van der Waals surface area contributed by atoms with Crippen LogP contribution in [0.5, 0.6) is 0 Å². The third-order valence-corrected chi connectivity index (χ3v) is 4.68. The highest BCUT2D eigenvalue weighted by Gasteiger charge is 2.29. The number of para-hydroxylation sites is 1. The molecule has 3 heterocycles. The number of pyridine rings is 1. The normalized spacial score (nSPS) is 14.6. The molecule has 0 radical (unpaired) electrons. The summed E-state index contributed by atoms with van der Waals surface area (Å²) in [5, 5.41) is 10.3. The van der Waals surface area contributed by atoms with E-state index in [2.05, 4.69) is 33.6 Å². The van der Waals surface area contributed by atoms with Gasteiger partial charge >= 0.3 is 0 Å². The number of anilines is 1. The van der Waals surface area contributed by atoms with Crippen LogP contribution in [0.1, 0.15) is 18.3 Å². The van der Waals surface area contributed by atoms with E-state index in [1.165, 1.54) is 0 Å². The molecule has 1 aliphatic heterocycles. The Kier molecular flexibility index (Phi) is 3.66. The molecule has 0 spiro atoms. The van der Waals surface area contributed by atoms with Gasteiger partial charge in [0.2, 0.25) is 0 Å². The number of nitrogens with zero attached hydrogens (tertiary/aromatic N) is 5. The zero-order valence-corrected chi connectivity index (χ0v) is 13.7. The Bertz CT molecular complexity index is 915. The van der Waals surface area contributed by atoms with Gasteiger partial charge in [-0.25, -0.2) is 9.97 Å². The summed E-state index contributed by atoms with van der Waals surface area (Å²) in [5.74, 6) is 2.65. The van der Waals surface area contributed by atoms with Gasteiger partial charge in [0.25, 0.3) is 0 Å². The molecule has 24 heavy (non-hydrogen) atoms. The number of aromatic nitrogens is 3. The molecule has 0 atom stereocenters. The molecule has 3 aromatic rings. The van der Waals surface area contributed by atoms with Crippen molar-refractivity contribution in [1.29, 1.82) is 5.26 Å². The molecule has 2 aromatic heterocycles. The Morgan fingerprint density at radius 1 is 1.29 bits per heavy atom. The summed E-state index contributed by atoms with van der Waals surface area (Å²) in [4.78, 5) is 11.4. The highest BCUT2D eigenvalue weighted by atomic mass is 15.2. The van der Waals surface area contributed by atoms with Crippen molar-refractivity contribution in [3.63, 3.8) is 0 Å². The summed E-state index contributed by atoms with van der Waals surface area (Å²) in [6, 6.07) is 12.0. The van der Waals surface area contributed by atoms with Gasteiger partial charge in [-0.2, -0.15) is 5.26 Å². The van der Waals surface area contributed by atoms with Crippen LogP contribution in [-0.2, 0) is 13.0 Å². The third kappa shape index (κ3) is 2.50. The average Bonchev–Trinajstić information content (AvgIpc) is 3.04. The molecule has 1 saturated heterocycles. The average molecular weight is 317 g/mol. The fourth-order valence-corrected chi connectivity index (χ4v) is 3.39. The van der Waals surface area contributed by atoms with Crippen molar-refractivity contribution in [3.05, 3.63) is 54.1 Å². The molecule has 5 heteroatoms. The molecule has 1 aromatic carbocycles. The van der Waals surface area contributed by atoms with Crippen LogP contribution in [0.2, 0.25) is 0 Å². The molecule has 0 bridgehead atoms. The number of rotatable bonds is 4. The first kappa shape index (κ1) is 14.7. The van der Waals surface area contributed by atoms with Gasteiger partial charge < -0.3 is 9.47 Å². The Labute approximate surface area is 141 Å². The number of benzene rings is 1. The Morgan fingerprint density at radius 3 is 2.92 bits per heavy atom. The van der Waals surface area contributed by atoms with Crippen LogP contribution >= 0.6 is 0 Å². The van der Waals surface area contributed by atoms with Gasteiger partial charge in [-0.1, -0.05) is 25.1 Å². The standard InChI is InChI=1S/C19H19N5/c1-2-18-21-7-8-23(18)11-14-12-24(13-14)19-9-15(10-20)16-5-3-4-6-17(16)22-19/h3-9,14H,2,11-13H2,1H3. The lowest BCUT2D eigenvalue weighted by Crippen LogP contribution is -2.49. The first-order chi connectivity index (χ1) is 11.8. The summed E-state index contributed by atoms with van der Waals surface area (Å²) in [7, 11) is 0. The van der Waals surface area contributed by atoms with E-state index in [1.807, 2.05) is 36.5 Å². The van der Waals surface area contributed by atoms with Crippen molar-refractivity contribution in [1.82, 2.24) is 14.5 Å². The number of fused-ring (bicyclic) bond motifs is 1. The molecule has 0 unspecified atom stereocenters. The van der Waals surface area contributed by atoms with Crippen LogP contribution in [0, 0.1) is 17.2 Å². The van der Waals surface area contributed by atoms with E-state index in [0.29, 0.717) is 11.5 Å². The third-order valence-electron chi connectivity index (χ3n) is 4.68. The molecule has 1 aliphatic rings. The number of nitriles is 1. The fourth-order valence-electron chi connectivity index (χ4n) is 3.39. The fraction of sp³-hybridized carbons (Fsp3) is 0.316. The van der Waals surface area contributed by atoms with Crippen molar-refractivity contribution in [3.8, 4) is 6.07 Å². The van der Waals surface area contributed by atoms with Crippen molar-refractivity contribution in [2.24, 2.45) is 5.92 Å². The predicted octanol–water partition coefficient (Wildman–Crippen LogP) is 3.00. The SMILES string of the molecule is CCc1nccn1CC1CN(c2cc(C#N)c3ccccc3n2)C1. The summed E-state index contributed by atoms with van der Waals surface area (Å²) < 4.78 is 2.25. The van der Waals surface area contributed by atoms with E-state index in [1.54, 1.807) is 0 Å². The maximum Gasteiger partial charge on any atom is 0.130 e. The summed E-state index contributed by atoms with van der Waals surface area (Å²) in [5.41, 5.74) is 1.58. The predicted molar refractivity (Wildman–Crippen MR) is 93.8 cm³/mol. The number of aryl methyl sites for hydroxylation is 1.